The van der Waals surface area contributed by atoms with Gasteiger partial charge in [-0.3, -0.25) is 5.01 Å². The fourth-order valence-corrected chi connectivity index (χ4v) is 3.32. The molecule has 4 rings (SSSR count). The number of rotatable bonds is 2. The molecule has 6 nitrogen and oxygen atoms in total. The Balaban J connectivity index is 1.78. The van der Waals surface area contributed by atoms with Crippen molar-refractivity contribution < 1.29 is 0 Å². The van der Waals surface area contributed by atoms with Crippen LogP contribution >= 0.6 is 0 Å². The fraction of sp³-hybridized carbons (Fsp3) is 0.278. The Kier molecular flexibility index (Phi) is 3.44. The summed E-state index contributed by atoms with van der Waals surface area (Å²) in [5.74, 6) is 1.00. The van der Waals surface area contributed by atoms with Crippen molar-refractivity contribution >= 4 is 11.5 Å². The molecule has 0 saturated heterocycles. The number of hydrogen-bond donors (Lipinski definition) is 0. The van der Waals surface area contributed by atoms with Crippen molar-refractivity contribution in [2.45, 2.75) is 19.9 Å². The van der Waals surface area contributed by atoms with E-state index in [9.17, 15) is 0 Å². The molecule has 0 bridgehead atoms. The molecule has 2 aromatic heterocycles. The monoisotopic (exact) mass is 318 g/mol. The second kappa shape index (κ2) is 5.62. The van der Waals surface area contributed by atoms with E-state index in [2.05, 4.69) is 50.4 Å². The molecular weight excluding hydrogens is 300 g/mol. The summed E-state index contributed by atoms with van der Waals surface area (Å²) in [7, 11) is 2.05. The first kappa shape index (κ1) is 14.7. The van der Waals surface area contributed by atoms with Crippen LogP contribution in [0.1, 0.15) is 22.5 Å². The highest BCUT2D eigenvalue weighted by molar-refractivity contribution is 5.58. The van der Waals surface area contributed by atoms with E-state index in [1.54, 1.807) is 10.6 Å². The summed E-state index contributed by atoms with van der Waals surface area (Å²) in [6, 6.07) is 14.3. The van der Waals surface area contributed by atoms with Gasteiger partial charge in [0.2, 0.25) is 0 Å². The van der Waals surface area contributed by atoms with Gasteiger partial charge in [0.25, 0.3) is 0 Å². The summed E-state index contributed by atoms with van der Waals surface area (Å²) in [6.45, 7) is 3.80. The third kappa shape index (κ3) is 2.30. The molecular formula is C18H18N6. The maximum atomic E-state index is 9.15. The highest BCUT2D eigenvalue weighted by atomic mass is 15.6. The lowest BCUT2D eigenvalue weighted by Gasteiger charge is -2.39. The second-order valence-corrected chi connectivity index (χ2v) is 6.06. The molecule has 0 amide bonds. The van der Waals surface area contributed by atoms with Gasteiger partial charge in [-0.15, -0.1) is 0 Å². The van der Waals surface area contributed by atoms with Crippen LogP contribution in [0.2, 0.25) is 0 Å². The zero-order valence-electron chi connectivity index (χ0n) is 13.8. The molecule has 0 aliphatic carbocycles. The Bertz CT molecular complexity index is 938. The van der Waals surface area contributed by atoms with Gasteiger partial charge < -0.3 is 0 Å². The van der Waals surface area contributed by atoms with Crippen molar-refractivity contribution in [2.24, 2.45) is 0 Å². The molecule has 0 spiro atoms. The van der Waals surface area contributed by atoms with Crippen LogP contribution in [0.15, 0.2) is 36.4 Å². The van der Waals surface area contributed by atoms with Crippen LogP contribution in [-0.2, 0) is 13.0 Å². The Morgan fingerprint density at radius 1 is 1.25 bits per heavy atom. The van der Waals surface area contributed by atoms with Gasteiger partial charge in [0.1, 0.15) is 6.07 Å². The van der Waals surface area contributed by atoms with Gasteiger partial charge in [0.15, 0.2) is 17.2 Å². The first-order valence-electron chi connectivity index (χ1n) is 7.99. The minimum absolute atomic E-state index is 0.392. The highest BCUT2D eigenvalue weighted by Crippen LogP contribution is 2.30. The summed E-state index contributed by atoms with van der Waals surface area (Å²) in [5, 5.41) is 18.0. The lowest BCUT2D eigenvalue weighted by molar-refractivity contribution is 0.242. The first-order chi connectivity index (χ1) is 11.7. The van der Waals surface area contributed by atoms with E-state index in [-0.39, 0.29) is 0 Å². The normalized spacial score (nSPS) is 14.6. The molecule has 1 aromatic carbocycles. The van der Waals surface area contributed by atoms with Gasteiger partial charge in [-0.25, -0.2) is 9.99 Å². The van der Waals surface area contributed by atoms with Crippen molar-refractivity contribution in [3.8, 4) is 6.07 Å². The molecule has 24 heavy (non-hydrogen) atoms. The number of benzene rings is 1. The SMILES string of the molecule is Cc1nc2cc(C#N)nn2c2c1CCN(Cc1ccccc1)N2C. The summed E-state index contributed by atoms with van der Waals surface area (Å²) >= 11 is 0. The topological polar surface area (TPSA) is 60.5 Å². The van der Waals surface area contributed by atoms with Gasteiger partial charge in [0.05, 0.1) is 0 Å². The molecule has 3 heterocycles. The van der Waals surface area contributed by atoms with Gasteiger partial charge in [0, 0.05) is 37.5 Å². The molecule has 1 aliphatic heterocycles. The van der Waals surface area contributed by atoms with E-state index in [1.165, 1.54) is 11.1 Å². The van der Waals surface area contributed by atoms with Crippen LogP contribution in [0.3, 0.4) is 0 Å². The number of hydrogen-bond acceptors (Lipinski definition) is 5. The number of anilines is 1. The first-order valence-corrected chi connectivity index (χ1v) is 7.99. The Labute approximate surface area is 140 Å². The molecule has 0 saturated carbocycles. The standard InChI is InChI=1S/C18H18N6/c1-13-16-8-9-23(12-14-6-4-3-5-7-14)22(2)18(16)24-17(20-13)10-15(11-19)21-24/h3-7,10H,8-9,12H2,1-2H3. The molecule has 6 heteroatoms. The molecule has 3 aromatic rings. The average Bonchev–Trinajstić information content (AvgIpc) is 3.01. The smallest absolute Gasteiger partial charge is 0.165 e. The van der Waals surface area contributed by atoms with Crippen molar-refractivity contribution in [3.63, 3.8) is 0 Å². The molecule has 0 fully saturated rings. The zero-order valence-corrected chi connectivity index (χ0v) is 13.8. The second-order valence-electron chi connectivity index (χ2n) is 6.06. The predicted octanol–water partition coefficient (Wildman–Crippen LogP) is 2.32. The number of hydrazine groups is 1. The van der Waals surface area contributed by atoms with E-state index < -0.39 is 0 Å². The zero-order chi connectivity index (χ0) is 16.7. The van der Waals surface area contributed by atoms with Crippen LogP contribution in [-0.4, -0.2) is 33.2 Å². The Morgan fingerprint density at radius 2 is 2.04 bits per heavy atom. The Hall–Kier alpha value is -2.91. The quantitative estimate of drug-likeness (QED) is 0.726. The minimum atomic E-state index is 0.392. The maximum absolute atomic E-state index is 9.15. The number of aromatic nitrogens is 3. The predicted molar refractivity (Wildman–Crippen MR) is 91.4 cm³/mol. The Morgan fingerprint density at radius 3 is 2.79 bits per heavy atom. The fourth-order valence-electron chi connectivity index (χ4n) is 3.32. The van der Waals surface area contributed by atoms with E-state index in [4.69, 9.17) is 5.26 Å². The van der Waals surface area contributed by atoms with E-state index >= 15 is 0 Å². The molecule has 0 atom stereocenters. The third-order valence-corrected chi connectivity index (χ3v) is 4.55. The molecule has 0 unspecified atom stereocenters. The highest BCUT2D eigenvalue weighted by Gasteiger charge is 2.27. The number of aryl methyl sites for hydroxylation is 1. The van der Waals surface area contributed by atoms with Gasteiger partial charge in [-0.2, -0.15) is 14.9 Å². The number of nitriles is 1. The summed E-state index contributed by atoms with van der Waals surface area (Å²) in [5.41, 5.74) is 4.59. The average molecular weight is 318 g/mol. The molecule has 0 N–H and O–H groups in total. The van der Waals surface area contributed by atoms with Crippen molar-refractivity contribution in [1.29, 1.82) is 5.26 Å². The van der Waals surface area contributed by atoms with Crippen molar-refractivity contribution in [1.82, 2.24) is 19.6 Å². The van der Waals surface area contributed by atoms with Crippen LogP contribution < -0.4 is 5.01 Å². The summed E-state index contributed by atoms with van der Waals surface area (Å²) in [6.07, 6.45) is 0.920. The molecule has 0 radical (unpaired) electrons. The van der Waals surface area contributed by atoms with E-state index in [1.807, 2.05) is 20.0 Å². The van der Waals surface area contributed by atoms with Crippen LogP contribution in [0.5, 0.6) is 0 Å². The van der Waals surface area contributed by atoms with Crippen LogP contribution in [0.4, 0.5) is 5.82 Å². The minimum Gasteiger partial charge on any atom is -0.292 e. The summed E-state index contributed by atoms with van der Waals surface area (Å²) < 4.78 is 1.79. The lowest BCUT2D eigenvalue weighted by Crippen LogP contribution is -2.45. The van der Waals surface area contributed by atoms with Crippen molar-refractivity contribution in [3.05, 3.63) is 58.9 Å². The molecule has 1 aliphatic rings. The van der Waals surface area contributed by atoms with Crippen LogP contribution in [0.25, 0.3) is 5.65 Å². The van der Waals surface area contributed by atoms with Crippen molar-refractivity contribution in [2.75, 3.05) is 18.6 Å². The van der Waals surface area contributed by atoms with Gasteiger partial charge in [-0.05, 0) is 18.9 Å². The third-order valence-electron chi connectivity index (χ3n) is 4.55. The van der Waals surface area contributed by atoms with Gasteiger partial charge in [-0.1, -0.05) is 30.3 Å². The molecule has 120 valence electrons. The number of nitrogens with zero attached hydrogens (tertiary/aromatic N) is 6. The van der Waals surface area contributed by atoms with E-state index in [0.29, 0.717) is 5.69 Å². The maximum Gasteiger partial charge on any atom is 0.165 e. The lowest BCUT2D eigenvalue weighted by atomic mass is 10.1. The van der Waals surface area contributed by atoms with E-state index in [0.717, 1.165) is 36.7 Å². The number of fused-ring (bicyclic) bond motifs is 3. The summed E-state index contributed by atoms with van der Waals surface area (Å²) in [4.78, 5) is 4.61. The van der Waals surface area contributed by atoms with Gasteiger partial charge >= 0.3 is 0 Å². The largest absolute Gasteiger partial charge is 0.292 e. The van der Waals surface area contributed by atoms with Crippen LogP contribution in [0, 0.1) is 18.3 Å².